The average Bonchev–Trinajstić information content (AvgIpc) is 1.93. The highest BCUT2D eigenvalue weighted by Crippen LogP contribution is 1.75. The summed E-state index contributed by atoms with van der Waals surface area (Å²) in [6.07, 6.45) is 0.861. The summed E-state index contributed by atoms with van der Waals surface area (Å²) in [6, 6.07) is 0. The van der Waals surface area contributed by atoms with E-state index in [2.05, 4.69) is 0 Å². The van der Waals surface area contributed by atoms with Crippen LogP contribution in [0.25, 0.3) is 0 Å². The third-order valence-corrected chi connectivity index (χ3v) is 0.961. The molecule has 0 heterocycles. The molecule has 0 aromatic heterocycles. The molecule has 2 nitrogen and oxygen atoms in total. The molecule has 0 fully saturated rings. The Morgan fingerprint density at radius 2 is 1.60 bits per heavy atom. The molecule has 0 aliphatic carbocycles. The molecule has 0 aliphatic heterocycles. The summed E-state index contributed by atoms with van der Waals surface area (Å²) >= 11 is 9.53. The summed E-state index contributed by atoms with van der Waals surface area (Å²) in [5, 5.41) is 0.194. The Morgan fingerprint density at radius 1 is 1.30 bits per heavy atom. The van der Waals surface area contributed by atoms with Crippen LogP contribution in [0.1, 0.15) is 13.8 Å². The number of halogens is 2. The van der Waals surface area contributed by atoms with E-state index in [1.807, 2.05) is 13.8 Å². The van der Waals surface area contributed by atoms with Gasteiger partial charge in [-0.05, 0) is 13.8 Å². The van der Waals surface area contributed by atoms with Crippen molar-refractivity contribution < 1.29 is 4.79 Å². The molecule has 0 saturated carbocycles. The van der Waals surface area contributed by atoms with Gasteiger partial charge >= 0.3 is 0 Å². The van der Waals surface area contributed by atoms with Crippen molar-refractivity contribution in [1.82, 2.24) is 4.90 Å². The molecule has 0 aromatic carbocycles. The maximum Gasteiger partial charge on any atom is 0.209 e. The van der Waals surface area contributed by atoms with Crippen LogP contribution in [0.4, 0.5) is 0 Å². The van der Waals surface area contributed by atoms with Crippen LogP contribution in [0, 0.1) is 0 Å². The van der Waals surface area contributed by atoms with E-state index in [4.69, 9.17) is 23.2 Å². The van der Waals surface area contributed by atoms with Gasteiger partial charge in [0.2, 0.25) is 6.41 Å². The quantitative estimate of drug-likeness (QED) is 0.487. The zero-order valence-corrected chi connectivity index (χ0v) is 7.82. The van der Waals surface area contributed by atoms with E-state index in [0.717, 1.165) is 19.5 Å². The van der Waals surface area contributed by atoms with Crippen molar-refractivity contribution in [3.8, 4) is 0 Å². The fourth-order valence-corrected chi connectivity index (χ4v) is 0.373. The number of hydrogen-bond acceptors (Lipinski definition) is 1. The Kier molecular flexibility index (Phi) is 15.0. The van der Waals surface area contributed by atoms with Gasteiger partial charge in [-0.1, -0.05) is 0 Å². The van der Waals surface area contributed by atoms with E-state index in [9.17, 15) is 4.79 Å². The maximum atomic E-state index is 9.89. The lowest BCUT2D eigenvalue weighted by atomic mass is 10.6. The minimum atomic E-state index is 0.194. The molecular formula is C6H13Cl2NO. The van der Waals surface area contributed by atoms with Gasteiger partial charge in [0.1, 0.15) is 0 Å². The second-order valence-corrected chi connectivity index (χ2v) is 2.24. The average molecular weight is 186 g/mol. The first kappa shape index (κ1) is 12.7. The van der Waals surface area contributed by atoms with Crippen molar-refractivity contribution >= 4 is 29.6 Å². The first-order valence-electron chi connectivity index (χ1n) is 3.08. The Labute approximate surface area is 72.1 Å². The first-order chi connectivity index (χ1) is 4.76. The predicted molar refractivity (Wildman–Crippen MR) is 45.6 cm³/mol. The van der Waals surface area contributed by atoms with Crippen LogP contribution in [-0.2, 0) is 4.79 Å². The predicted octanol–water partition coefficient (Wildman–Crippen LogP) is 1.91. The van der Waals surface area contributed by atoms with Gasteiger partial charge < -0.3 is 4.90 Å². The summed E-state index contributed by atoms with van der Waals surface area (Å²) in [5.41, 5.74) is 0. The van der Waals surface area contributed by atoms with Crippen LogP contribution in [0.3, 0.4) is 0 Å². The normalized spacial score (nSPS) is 7.60. The number of carbonyl (C=O) groups is 1. The maximum absolute atomic E-state index is 9.89. The molecule has 0 saturated heterocycles. The van der Waals surface area contributed by atoms with Crippen molar-refractivity contribution in [2.75, 3.05) is 18.4 Å². The zero-order chi connectivity index (χ0) is 8.41. The van der Waals surface area contributed by atoms with E-state index < -0.39 is 0 Å². The summed E-state index contributed by atoms with van der Waals surface area (Å²) < 4.78 is 0. The largest absolute Gasteiger partial charge is 0.346 e. The molecular weight excluding hydrogens is 173 g/mol. The van der Waals surface area contributed by atoms with Crippen molar-refractivity contribution in [1.29, 1.82) is 0 Å². The summed E-state index contributed by atoms with van der Waals surface area (Å²) in [7, 11) is 0. The molecule has 62 valence electrons. The van der Waals surface area contributed by atoms with Gasteiger partial charge in [-0.2, -0.15) is 0 Å². The van der Waals surface area contributed by atoms with Crippen LogP contribution in [0.5, 0.6) is 0 Å². The number of hydrogen-bond donors (Lipinski definition) is 0. The molecule has 0 unspecified atom stereocenters. The van der Waals surface area contributed by atoms with Crippen molar-refractivity contribution in [2.45, 2.75) is 13.8 Å². The Bertz CT molecular complexity index is 66.8. The summed E-state index contributed by atoms with van der Waals surface area (Å²) in [6.45, 7) is 5.55. The highest BCUT2D eigenvalue weighted by Gasteiger charge is 1.87. The Morgan fingerprint density at radius 3 is 1.60 bits per heavy atom. The molecule has 0 aromatic rings. The van der Waals surface area contributed by atoms with Crippen molar-refractivity contribution in [3.05, 3.63) is 0 Å². The lowest BCUT2D eigenvalue weighted by Gasteiger charge is -2.08. The van der Waals surface area contributed by atoms with E-state index in [1.165, 1.54) is 0 Å². The van der Waals surface area contributed by atoms with Crippen molar-refractivity contribution in [2.24, 2.45) is 0 Å². The molecule has 0 bridgehead atoms. The number of amides is 1. The molecule has 0 radical (unpaired) electrons. The minimum absolute atomic E-state index is 0.194. The highest BCUT2D eigenvalue weighted by atomic mass is 35.5. The van der Waals surface area contributed by atoms with Crippen LogP contribution in [0.2, 0.25) is 0 Å². The second-order valence-electron chi connectivity index (χ2n) is 1.43. The standard InChI is InChI=1S/C5H11NO.CH2Cl2/c1-3-6(4-2)5-7;2-1-3/h5H,3-4H2,1-2H3;1H2. The van der Waals surface area contributed by atoms with Crippen LogP contribution in [-0.4, -0.2) is 29.7 Å². The van der Waals surface area contributed by atoms with Gasteiger partial charge in [-0.3, -0.25) is 4.79 Å². The number of alkyl halides is 2. The second kappa shape index (κ2) is 11.8. The van der Waals surface area contributed by atoms with Crippen LogP contribution >= 0.6 is 23.2 Å². The Balaban J connectivity index is 0. The van der Waals surface area contributed by atoms with E-state index in [1.54, 1.807) is 4.90 Å². The van der Waals surface area contributed by atoms with Gasteiger partial charge in [-0.15, -0.1) is 23.2 Å². The van der Waals surface area contributed by atoms with Crippen molar-refractivity contribution in [3.63, 3.8) is 0 Å². The fourth-order valence-electron chi connectivity index (χ4n) is 0.373. The molecule has 4 heteroatoms. The molecule has 0 spiro atoms. The number of rotatable bonds is 3. The minimum Gasteiger partial charge on any atom is -0.346 e. The Hall–Kier alpha value is 0.0500. The molecule has 10 heavy (non-hydrogen) atoms. The van der Waals surface area contributed by atoms with E-state index >= 15 is 0 Å². The van der Waals surface area contributed by atoms with Gasteiger partial charge in [0.25, 0.3) is 0 Å². The lowest BCUT2D eigenvalue weighted by molar-refractivity contribution is -0.117. The summed E-state index contributed by atoms with van der Waals surface area (Å²) in [5.74, 6) is 0. The van der Waals surface area contributed by atoms with Gasteiger partial charge in [0.15, 0.2) is 0 Å². The van der Waals surface area contributed by atoms with E-state index in [-0.39, 0.29) is 5.34 Å². The monoisotopic (exact) mass is 185 g/mol. The third-order valence-electron chi connectivity index (χ3n) is 0.961. The van der Waals surface area contributed by atoms with E-state index in [0.29, 0.717) is 0 Å². The van der Waals surface area contributed by atoms with Gasteiger partial charge in [0, 0.05) is 13.1 Å². The smallest absolute Gasteiger partial charge is 0.209 e. The molecule has 0 atom stereocenters. The summed E-state index contributed by atoms with van der Waals surface area (Å²) in [4.78, 5) is 11.6. The number of nitrogens with zero attached hydrogens (tertiary/aromatic N) is 1. The fraction of sp³-hybridized carbons (Fsp3) is 0.833. The van der Waals surface area contributed by atoms with Gasteiger partial charge in [-0.25, -0.2) is 0 Å². The topological polar surface area (TPSA) is 20.3 Å². The van der Waals surface area contributed by atoms with Gasteiger partial charge in [0.05, 0.1) is 5.34 Å². The third kappa shape index (κ3) is 10.9. The highest BCUT2D eigenvalue weighted by molar-refractivity contribution is 6.40. The molecule has 0 aliphatic rings. The SMILES string of the molecule is CCN(C=O)CC.ClCCl. The van der Waals surface area contributed by atoms with Crippen LogP contribution < -0.4 is 0 Å². The zero-order valence-electron chi connectivity index (χ0n) is 6.31. The number of carbonyl (C=O) groups excluding carboxylic acids is 1. The van der Waals surface area contributed by atoms with Crippen LogP contribution in [0.15, 0.2) is 0 Å². The lowest BCUT2D eigenvalue weighted by Crippen LogP contribution is -2.19. The molecule has 0 rings (SSSR count). The molecule has 1 amide bonds. The first-order valence-corrected chi connectivity index (χ1v) is 4.14. The molecule has 0 N–H and O–H groups in total.